The van der Waals surface area contributed by atoms with Gasteiger partial charge in [-0.25, -0.2) is 0 Å². The van der Waals surface area contributed by atoms with Crippen LogP contribution in [0.15, 0.2) is 121 Å². The van der Waals surface area contributed by atoms with Crippen LogP contribution in [0, 0.1) is 0 Å². The zero-order valence-corrected chi connectivity index (χ0v) is 23.7. The molecular weight excluding hydrogens is 516 g/mol. The van der Waals surface area contributed by atoms with E-state index < -0.39 is 0 Å². The minimum absolute atomic E-state index is 0.0869. The van der Waals surface area contributed by atoms with Crippen molar-refractivity contribution in [2.45, 2.75) is 56.4 Å². The van der Waals surface area contributed by atoms with Gasteiger partial charge in [0.05, 0.1) is 38.6 Å². The minimum Gasteiger partial charge on any atom is -0.377 e. The summed E-state index contributed by atoms with van der Waals surface area (Å²) in [6.45, 7) is 2.88. The highest BCUT2D eigenvalue weighted by Crippen LogP contribution is 2.35. The molecule has 0 bridgehead atoms. The van der Waals surface area contributed by atoms with Crippen molar-refractivity contribution >= 4 is 11.8 Å². The molecule has 1 heterocycles. The first-order chi connectivity index (χ1) is 19.8. The fourth-order valence-electron chi connectivity index (χ4n) is 4.90. The van der Waals surface area contributed by atoms with Gasteiger partial charge in [-0.1, -0.05) is 121 Å². The van der Waals surface area contributed by atoms with Gasteiger partial charge in [-0.3, -0.25) is 0 Å². The van der Waals surface area contributed by atoms with Crippen molar-refractivity contribution in [1.29, 1.82) is 0 Å². The highest BCUT2D eigenvalue weighted by atomic mass is 32.2. The Morgan fingerprint density at radius 2 is 0.925 bits per heavy atom. The maximum Gasteiger partial charge on any atom is 0.112 e. The van der Waals surface area contributed by atoms with Crippen molar-refractivity contribution in [1.82, 2.24) is 0 Å². The van der Waals surface area contributed by atoms with Crippen LogP contribution in [0.1, 0.15) is 28.7 Å². The Morgan fingerprint density at radius 1 is 0.500 bits per heavy atom. The Labute approximate surface area is 242 Å². The summed E-state index contributed by atoms with van der Waals surface area (Å²) >= 11 is 1.91. The van der Waals surface area contributed by atoms with E-state index in [0.29, 0.717) is 33.0 Å². The first kappa shape index (κ1) is 28.6. The molecule has 0 aliphatic carbocycles. The van der Waals surface area contributed by atoms with E-state index in [1.165, 1.54) is 5.56 Å². The highest BCUT2D eigenvalue weighted by molar-refractivity contribution is 8.00. The summed E-state index contributed by atoms with van der Waals surface area (Å²) in [5, 5.41) is 0.233. The third kappa shape index (κ3) is 8.79. The predicted octanol–water partition coefficient (Wildman–Crippen LogP) is 7.46. The first-order valence-electron chi connectivity index (χ1n) is 14.0. The lowest BCUT2D eigenvalue weighted by Gasteiger charge is -2.42. The van der Waals surface area contributed by atoms with Crippen molar-refractivity contribution in [3.63, 3.8) is 0 Å². The fourth-order valence-corrected chi connectivity index (χ4v) is 6.31. The second-order valence-corrected chi connectivity index (χ2v) is 11.3. The van der Waals surface area contributed by atoms with E-state index >= 15 is 0 Å². The van der Waals surface area contributed by atoms with E-state index in [1.54, 1.807) is 0 Å². The van der Waals surface area contributed by atoms with Gasteiger partial charge in [0.15, 0.2) is 0 Å². The van der Waals surface area contributed by atoms with Crippen LogP contribution in [0.2, 0.25) is 0 Å². The predicted molar refractivity (Wildman–Crippen MR) is 162 cm³/mol. The first-order valence-corrected chi connectivity index (χ1v) is 15.1. The molecule has 4 atom stereocenters. The molecule has 1 saturated heterocycles. The molecule has 1 aliphatic rings. The maximum atomic E-state index is 6.70. The van der Waals surface area contributed by atoms with Crippen LogP contribution in [0.5, 0.6) is 0 Å². The molecule has 4 aromatic rings. The van der Waals surface area contributed by atoms with Crippen LogP contribution in [0.4, 0.5) is 0 Å². The lowest BCUT2D eigenvalue weighted by atomic mass is 10.0. The molecule has 0 radical (unpaired) electrons. The van der Waals surface area contributed by atoms with Gasteiger partial charge in [0.25, 0.3) is 0 Å². The number of ether oxygens (including phenoxy) is 4. The van der Waals surface area contributed by atoms with E-state index in [4.69, 9.17) is 18.9 Å². The second-order valence-electron chi connectivity index (χ2n) is 10.1. The quantitative estimate of drug-likeness (QED) is 0.151. The second kappa shape index (κ2) is 15.8. The van der Waals surface area contributed by atoms with Crippen LogP contribution in [0.25, 0.3) is 0 Å². The molecule has 4 nitrogen and oxygen atoms in total. The summed E-state index contributed by atoms with van der Waals surface area (Å²) in [7, 11) is 0. The minimum atomic E-state index is -0.201. The lowest BCUT2D eigenvalue weighted by Crippen LogP contribution is -2.52. The third-order valence-corrected chi connectivity index (χ3v) is 8.52. The van der Waals surface area contributed by atoms with Gasteiger partial charge in [-0.15, -0.1) is 0 Å². The smallest absolute Gasteiger partial charge is 0.112 e. The molecule has 0 N–H and O–H groups in total. The maximum absolute atomic E-state index is 6.70. The van der Waals surface area contributed by atoms with Gasteiger partial charge in [0, 0.05) is 17.6 Å². The molecule has 208 valence electrons. The molecule has 0 amide bonds. The van der Waals surface area contributed by atoms with Crippen LogP contribution < -0.4 is 0 Å². The molecule has 1 fully saturated rings. The Hall–Kier alpha value is -2.93. The molecular formula is C35H38O4S. The highest BCUT2D eigenvalue weighted by Gasteiger charge is 2.42. The van der Waals surface area contributed by atoms with Crippen molar-refractivity contribution < 1.29 is 18.9 Å². The van der Waals surface area contributed by atoms with Gasteiger partial charge >= 0.3 is 0 Å². The monoisotopic (exact) mass is 554 g/mol. The molecule has 5 heteroatoms. The summed E-state index contributed by atoms with van der Waals surface area (Å²) in [4.78, 5) is 0. The molecule has 5 rings (SSSR count). The Kier molecular flexibility index (Phi) is 11.3. The molecule has 0 aromatic heterocycles. The Bertz CT molecular complexity index is 1220. The number of thioether (sulfide) groups is 1. The molecule has 4 aromatic carbocycles. The van der Waals surface area contributed by atoms with Crippen LogP contribution in [0.3, 0.4) is 0 Å². The van der Waals surface area contributed by atoms with Crippen molar-refractivity contribution in [2.75, 3.05) is 12.4 Å². The Balaban J connectivity index is 1.29. The van der Waals surface area contributed by atoms with Gasteiger partial charge in [-0.05, 0) is 28.7 Å². The van der Waals surface area contributed by atoms with Gasteiger partial charge in [0.2, 0.25) is 0 Å². The largest absolute Gasteiger partial charge is 0.377 e. The average Bonchev–Trinajstić information content (AvgIpc) is 3.02. The number of hydrogen-bond acceptors (Lipinski definition) is 5. The van der Waals surface area contributed by atoms with Crippen LogP contribution in [-0.2, 0) is 45.4 Å². The van der Waals surface area contributed by atoms with E-state index in [-0.39, 0.29) is 23.6 Å². The van der Waals surface area contributed by atoms with E-state index in [0.717, 1.165) is 28.9 Å². The summed E-state index contributed by atoms with van der Waals surface area (Å²) in [6, 6.07) is 41.4. The topological polar surface area (TPSA) is 36.9 Å². The van der Waals surface area contributed by atoms with E-state index in [1.807, 2.05) is 48.2 Å². The summed E-state index contributed by atoms with van der Waals surface area (Å²) in [5.41, 5.74) is 4.65. The molecule has 1 aliphatic heterocycles. The average molecular weight is 555 g/mol. The van der Waals surface area contributed by atoms with Gasteiger partial charge in [-0.2, -0.15) is 11.8 Å². The van der Waals surface area contributed by atoms with E-state index in [9.17, 15) is 0 Å². The number of benzene rings is 4. The molecule has 40 heavy (non-hydrogen) atoms. The normalized spacial score (nSPS) is 20.8. The molecule has 0 spiro atoms. The number of hydrogen-bond donors (Lipinski definition) is 0. The Morgan fingerprint density at radius 3 is 1.43 bits per heavy atom. The standard InChI is InChI=1S/C35H38O4S/c1-5-13-28(14-6-1)23-36-22-21-33-35(39-26-31-19-11-4-12-20-31)34(38-25-30-17-9-3-10-18-30)32(27-40-33)37-24-29-15-7-2-8-16-29/h1-20,32-35H,21-27H2/t32-,33+,34-,35+/m1/s1. The van der Waals surface area contributed by atoms with Crippen LogP contribution >= 0.6 is 11.8 Å². The zero-order valence-electron chi connectivity index (χ0n) is 22.8. The molecule has 0 saturated carbocycles. The van der Waals surface area contributed by atoms with Crippen molar-refractivity contribution in [2.24, 2.45) is 0 Å². The summed E-state index contributed by atoms with van der Waals surface area (Å²) in [6.07, 6.45) is 0.459. The van der Waals surface area contributed by atoms with Crippen molar-refractivity contribution in [3.8, 4) is 0 Å². The fraction of sp³-hybridized carbons (Fsp3) is 0.314. The number of rotatable bonds is 14. The summed E-state index contributed by atoms with van der Waals surface area (Å²) < 4.78 is 26.0. The van der Waals surface area contributed by atoms with E-state index in [2.05, 4.69) is 84.9 Å². The van der Waals surface area contributed by atoms with Gasteiger partial charge in [0.1, 0.15) is 6.10 Å². The van der Waals surface area contributed by atoms with Gasteiger partial charge < -0.3 is 18.9 Å². The summed E-state index contributed by atoms with van der Waals surface area (Å²) in [5.74, 6) is 0.848. The van der Waals surface area contributed by atoms with Crippen LogP contribution in [-0.4, -0.2) is 35.9 Å². The SMILES string of the molecule is c1ccc(COCC[C@@H]2SC[C@@H](OCc3ccccc3)[C@@H](OCc3ccccc3)[C@H]2OCc2ccccc2)cc1. The van der Waals surface area contributed by atoms with Crippen molar-refractivity contribution in [3.05, 3.63) is 144 Å². The third-order valence-electron chi connectivity index (χ3n) is 7.07. The zero-order chi connectivity index (χ0) is 27.2. The lowest BCUT2D eigenvalue weighted by molar-refractivity contribution is -0.150. The molecule has 0 unspecified atom stereocenters.